The van der Waals surface area contributed by atoms with E-state index in [1.807, 2.05) is 24.4 Å². The van der Waals surface area contributed by atoms with Gasteiger partial charge in [0, 0.05) is 28.9 Å². The third-order valence-electron chi connectivity index (χ3n) is 10.5. The van der Waals surface area contributed by atoms with Gasteiger partial charge in [0.1, 0.15) is 5.66 Å². The van der Waals surface area contributed by atoms with Crippen LogP contribution in [0, 0.1) is 6.92 Å². The van der Waals surface area contributed by atoms with Crippen LogP contribution in [-0.4, -0.2) is 16.4 Å². The van der Waals surface area contributed by atoms with Crippen molar-refractivity contribution < 1.29 is 0 Å². The molecule has 248 valence electrons. The molecule has 3 heteroatoms. The lowest BCUT2D eigenvalue weighted by atomic mass is 9.77. The second-order valence-electron chi connectivity index (χ2n) is 14.0. The fourth-order valence-corrected chi connectivity index (χ4v) is 7.74. The first-order valence-corrected chi connectivity index (χ1v) is 17.6. The minimum atomic E-state index is -0.729. The molecular weight excluding hydrogens is 607 g/mol. The van der Waals surface area contributed by atoms with E-state index in [4.69, 9.17) is 9.98 Å². The van der Waals surface area contributed by atoms with Gasteiger partial charge in [0.05, 0.1) is 5.69 Å². The van der Waals surface area contributed by atoms with E-state index in [2.05, 4.69) is 168 Å². The molecule has 3 atom stereocenters. The number of aliphatic imine (C=N–C) groups is 1. The first-order valence-electron chi connectivity index (χ1n) is 17.6. The third-order valence-corrected chi connectivity index (χ3v) is 10.5. The summed E-state index contributed by atoms with van der Waals surface area (Å²) in [6.45, 7) is 15.1. The normalized spacial score (nSPS) is 18.4. The fraction of sp³-hybridized carbons (Fsp3) is 0.191. The molecule has 0 bridgehead atoms. The summed E-state index contributed by atoms with van der Waals surface area (Å²) >= 11 is 0. The first kappa shape index (κ1) is 33.1. The van der Waals surface area contributed by atoms with E-state index in [1.165, 1.54) is 49.0 Å². The lowest BCUT2D eigenvalue weighted by Crippen LogP contribution is -2.45. The molecular formula is C47H45N3. The Bertz CT molecular complexity index is 2360. The van der Waals surface area contributed by atoms with Crippen LogP contribution < -0.4 is 5.32 Å². The number of pyridine rings is 1. The summed E-state index contributed by atoms with van der Waals surface area (Å²) in [4.78, 5) is 10.4. The molecule has 0 saturated carbocycles. The highest BCUT2D eigenvalue weighted by Crippen LogP contribution is 2.38. The second kappa shape index (κ2) is 13.5. The van der Waals surface area contributed by atoms with Crippen LogP contribution in [0.2, 0.25) is 0 Å². The van der Waals surface area contributed by atoms with Crippen molar-refractivity contribution >= 4 is 44.1 Å². The zero-order valence-electron chi connectivity index (χ0n) is 29.7. The molecule has 0 fully saturated rings. The second-order valence-corrected chi connectivity index (χ2v) is 14.0. The zero-order chi connectivity index (χ0) is 34.9. The largest absolute Gasteiger partial charge is 0.283 e. The molecule has 2 unspecified atom stereocenters. The van der Waals surface area contributed by atoms with Gasteiger partial charge in [-0.15, -0.1) is 0 Å². The highest BCUT2D eigenvalue weighted by molar-refractivity contribution is 6.18. The molecule has 0 radical (unpaired) electrons. The van der Waals surface area contributed by atoms with Gasteiger partial charge in [0.2, 0.25) is 0 Å². The minimum Gasteiger partial charge on any atom is -0.283 e. The molecule has 5 aromatic carbocycles. The Hall–Kier alpha value is -5.38. The van der Waals surface area contributed by atoms with E-state index in [1.54, 1.807) is 0 Å². The van der Waals surface area contributed by atoms with Gasteiger partial charge in [-0.3, -0.25) is 15.3 Å². The number of nitrogens with zero attached hydrogens (tertiary/aromatic N) is 2. The van der Waals surface area contributed by atoms with Crippen LogP contribution >= 0.6 is 0 Å². The summed E-state index contributed by atoms with van der Waals surface area (Å²) in [7, 11) is 0. The maximum Gasteiger partial charge on any atom is 0.133 e. The molecule has 0 aliphatic heterocycles. The number of rotatable bonds is 9. The average Bonchev–Trinajstić information content (AvgIpc) is 3.14. The molecule has 1 aliphatic carbocycles. The fourth-order valence-electron chi connectivity index (χ4n) is 7.74. The summed E-state index contributed by atoms with van der Waals surface area (Å²) in [5.41, 5.74) is 7.17. The molecule has 1 heterocycles. The van der Waals surface area contributed by atoms with E-state index >= 15 is 0 Å². The van der Waals surface area contributed by atoms with Gasteiger partial charge in [0.25, 0.3) is 0 Å². The standard InChI is InChI=1S/C47H45N3/c1-7-8-19-38-32(2)43(30-35-17-9-11-20-39(35)38)33(3)49-47(6,37-25-27-46(5,28-26-37)45-24-15-16-29-48-45)50-34(4)44-31-36-18-10-12-21-40(36)41-22-13-14-23-42(41)44/h7-27,29-31,33,49H,1,28H2,2-6H3/b19-8-,50-34?/t33-,46?,47?/m1/s1. The lowest BCUT2D eigenvalue weighted by molar-refractivity contribution is 0.384. The predicted octanol–water partition coefficient (Wildman–Crippen LogP) is 11.8. The maximum atomic E-state index is 5.65. The number of allylic oxidation sites excluding steroid dienone is 4. The number of aromatic nitrogens is 1. The van der Waals surface area contributed by atoms with Gasteiger partial charge in [-0.05, 0) is 113 Å². The van der Waals surface area contributed by atoms with Crippen LogP contribution in [0.1, 0.15) is 68.1 Å². The van der Waals surface area contributed by atoms with Gasteiger partial charge in [-0.1, -0.05) is 129 Å². The minimum absolute atomic E-state index is 0.0104. The van der Waals surface area contributed by atoms with Crippen molar-refractivity contribution in [2.75, 3.05) is 0 Å². The smallest absolute Gasteiger partial charge is 0.133 e. The van der Waals surface area contributed by atoms with E-state index in [0.29, 0.717) is 0 Å². The molecule has 50 heavy (non-hydrogen) atoms. The van der Waals surface area contributed by atoms with Gasteiger partial charge in [-0.2, -0.15) is 0 Å². The predicted molar refractivity (Wildman–Crippen MR) is 215 cm³/mol. The van der Waals surface area contributed by atoms with Crippen molar-refractivity contribution in [3.63, 3.8) is 0 Å². The molecule has 0 saturated heterocycles. The van der Waals surface area contributed by atoms with Crippen LogP contribution in [0.25, 0.3) is 38.4 Å². The van der Waals surface area contributed by atoms with E-state index in [-0.39, 0.29) is 11.5 Å². The van der Waals surface area contributed by atoms with Crippen LogP contribution in [0.15, 0.2) is 157 Å². The van der Waals surface area contributed by atoms with Crippen molar-refractivity contribution in [1.29, 1.82) is 0 Å². The Morgan fingerprint density at radius 2 is 1.56 bits per heavy atom. The Morgan fingerprint density at radius 1 is 0.900 bits per heavy atom. The summed E-state index contributed by atoms with van der Waals surface area (Å²) in [5, 5.41) is 11.4. The summed E-state index contributed by atoms with van der Waals surface area (Å²) in [6, 6.07) is 36.8. The van der Waals surface area contributed by atoms with Crippen LogP contribution in [0.5, 0.6) is 0 Å². The summed E-state index contributed by atoms with van der Waals surface area (Å²) in [6.07, 6.45) is 15.7. The molecule has 1 aromatic heterocycles. The molecule has 7 rings (SSSR count). The number of benzene rings is 5. The summed E-state index contributed by atoms with van der Waals surface area (Å²) < 4.78 is 0. The van der Waals surface area contributed by atoms with Crippen LogP contribution in [-0.2, 0) is 5.41 Å². The van der Waals surface area contributed by atoms with Crippen LogP contribution in [0.3, 0.4) is 0 Å². The van der Waals surface area contributed by atoms with Gasteiger partial charge in [-0.25, -0.2) is 0 Å². The van der Waals surface area contributed by atoms with E-state index in [0.717, 1.165) is 29.0 Å². The van der Waals surface area contributed by atoms with Crippen molar-refractivity contribution in [2.45, 2.75) is 58.2 Å². The zero-order valence-corrected chi connectivity index (χ0v) is 29.7. The monoisotopic (exact) mass is 651 g/mol. The SMILES string of the molecule is C=C/C=C\c1c(C)c([C@@H](C)NC(C)(N=C(C)c2cc3ccccc3c3ccccc23)C2=CCC(C)(c3ccccn3)C=C2)cc2ccccc12. The number of nitrogens with one attached hydrogen (secondary N) is 1. The maximum absolute atomic E-state index is 5.65. The first-order chi connectivity index (χ1) is 24.2. The Balaban J connectivity index is 1.36. The van der Waals surface area contributed by atoms with Crippen LogP contribution in [0.4, 0.5) is 0 Å². The van der Waals surface area contributed by atoms with Gasteiger partial charge in [0.15, 0.2) is 0 Å². The van der Waals surface area contributed by atoms with Crippen molar-refractivity contribution in [1.82, 2.24) is 10.3 Å². The molecule has 3 nitrogen and oxygen atoms in total. The van der Waals surface area contributed by atoms with Gasteiger partial charge < -0.3 is 0 Å². The average molecular weight is 652 g/mol. The number of fused-ring (bicyclic) bond motifs is 4. The highest BCUT2D eigenvalue weighted by Gasteiger charge is 2.35. The van der Waals surface area contributed by atoms with Gasteiger partial charge >= 0.3 is 0 Å². The Kier molecular flexibility index (Phi) is 8.94. The van der Waals surface area contributed by atoms with Crippen molar-refractivity contribution in [3.8, 4) is 0 Å². The number of hydrogen-bond donors (Lipinski definition) is 1. The Morgan fingerprint density at radius 3 is 2.24 bits per heavy atom. The molecule has 1 aliphatic rings. The van der Waals surface area contributed by atoms with E-state index < -0.39 is 5.66 Å². The molecule has 0 amide bonds. The topological polar surface area (TPSA) is 37.3 Å². The lowest BCUT2D eigenvalue weighted by Gasteiger charge is -2.37. The van der Waals surface area contributed by atoms with E-state index in [9.17, 15) is 0 Å². The molecule has 1 N–H and O–H groups in total. The van der Waals surface area contributed by atoms with Crippen molar-refractivity contribution in [2.24, 2.45) is 4.99 Å². The highest BCUT2D eigenvalue weighted by atomic mass is 15.2. The Labute approximate surface area is 296 Å². The number of hydrogen-bond acceptors (Lipinski definition) is 3. The third kappa shape index (κ3) is 6.14. The quantitative estimate of drug-likeness (QED) is 0.0959. The van der Waals surface area contributed by atoms with Crippen molar-refractivity contribution in [3.05, 3.63) is 180 Å². The summed E-state index contributed by atoms with van der Waals surface area (Å²) in [5.74, 6) is 0. The molecule has 0 spiro atoms. The molecule has 6 aromatic rings.